The van der Waals surface area contributed by atoms with Crippen LogP contribution in [0.5, 0.6) is 0 Å². The highest BCUT2D eigenvalue weighted by Crippen LogP contribution is 2.09. The predicted molar refractivity (Wildman–Crippen MR) is 56.8 cm³/mol. The maximum absolute atomic E-state index is 12.1. The van der Waals surface area contributed by atoms with Crippen LogP contribution in [0.25, 0.3) is 0 Å². The van der Waals surface area contributed by atoms with E-state index in [1.807, 2.05) is 0 Å². The van der Waals surface area contributed by atoms with E-state index in [-0.39, 0.29) is 11.8 Å². The lowest BCUT2D eigenvalue weighted by atomic mass is 10.1. The van der Waals surface area contributed by atoms with Crippen molar-refractivity contribution in [1.29, 1.82) is 0 Å². The molecule has 2 N–H and O–H groups in total. The zero-order chi connectivity index (χ0) is 11.5. The molecule has 6 heteroatoms. The van der Waals surface area contributed by atoms with Crippen LogP contribution < -0.4 is 10.6 Å². The summed E-state index contributed by atoms with van der Waals surface area (Å²) in [5, 5.41) is 5.84. The number of ether oxygens (including phenoxy) is 1. The van der Waals surface area contributed by atoms with Gasteiger partial charge in [-0.25, -0.2) is 0 Å². The van der Waals surface area contributed by atoms with Crippen molar-refractivity contribution in [2.75, 3.05) is 32.8 Å². The Morgan fingerprint density at radius 2 is 2.31 bits per heavy atom. The third-order valence-electron chi connectivity index (χ3n) is 2.99. The van der Waals surface area contributed by atoms with Crippen LogP contribution in [0.2, 0.25) is 0 Å². The van der Waals surface area contributed by atoms with Crippen molar-refractivity contribution in [1.82, 2.24) is 15.5 Å². The van der Waals surface area contributed by atoms with Gasteiger partial charge in [0, 0.05) is 26.2 Å². The number of amides is 2. The number of morpholine rings is 1. The Bertz CT molecular complexity index is 289. The number of carbonyl (C=O) groups excluding carboxylic acids is 2. The summed E-state index contributed by atoms with van der Waals surface area (Å²) in [6.07, 6.45) is -0.443. The second-order valence-electron chi connectivity index (χ2n) is 4.06. The van der Waals surface area contributed by atoms with Crippen molar-refractivity contribution in [3.8, 4) is 0 Å². The molecule has 0 aromatic rings. The molecule has 2 aliphatic rings. The van der Waals surface area contributed by atoms with Gasteiger partial charge in [-0.05, 0) is 6.92 Å². The van der Waals surface area contributed by atoms with Crippen molar-refractivity contribution in [3.05, 3.63) is 0 Å². The molecule has 0 aliphatic carbocycles. The van der Waals surface area contributed by atoms with E-state index < -0.39 is 12.1 Å². The molecule has 6 nitrogen and oxygen atoms in total. The number of nitrogens with one attached hydrogen (secondary N) is 2. The fourth-order valence-electron chi connectivity index (χ4n) is 1.99. The van der Waals surface area contributed by atoms with Crippen molar-refractivity contribution >= 4 is 11.8 Å². The monoisotopic (exact) mass is 227 g/mol. The molecule has 0 aromatic heterocycles. The highest BCUT2D eigenvalue weighted by atomic mass is 16.5. The second-order valence-corrected chi connectivity index (χ2v) is 4.06. The zero-order valence-corrected chi connectivity index (χ0v) is 9.36. The Hall–Kier alpha value is -1.14. The van der Waals surface area contributed by atoms with E-state index in [0.29, 0.717) is 26.2 Å². The Morgan fingerprint density at radius 3 is 3.00 bits per heavy atom. The summed E-state index contributed by atoms with van der Waals surface area (Å²) in [5.41, 5.74) is 0. The van der Waals surface area contributed by atoms with Gasteiger partial charge in [0.25, 0.3) is 5.91 Å². The molecule has 2 unspecified atom stereocenters. The molecule has 2 amide bonds. The Kier molecular flexibility index (Phi) is 3.40. The van der Waals surface area contributed by atoms with Crippen LogP contribution in [-0.2, 0) is 14.3 Å². The molecule has 0 aromatic carbocycles. The van der Waals surface area contributed by atoms with Gasteiger partial charge in [0.2, 0.25) is 5.91 Å². The lowest BCUT2D eigenvalue weighted by Gasteiger charge is -2.36. The topological polar surface area (TPSA) is 70.7 Å². The number of nitrogens with zero attached hydrogens (tertiary/aromatic N) is 1. The van der Waals surface area contributed by atoms with Gasteiger partial charge >= 0.3 is 0 Å². The van der Waals surface area contributed by atoms with Gasteiger partial charge in [0.05, 0.1) is 6.61 Å². The van der Waals surface area contributed by atoms with E-state index >= 15 is 0 Å². The van der Waals surface area contributed by atoms with Crippen LogP contribution in [0.1, 0.15) is 6.92 Å². The molecular formula is C10H17N3O3. The minimum absolute atomic E-state index is 0.0884. The number of rotatable bonds is 1. The normalized spacial score (nSPS) is 31.1. The van der Waals surface area contributed by atoms with Crippen molar-refractivity contribution < 1.29 is 14.3 Å². The fourth-order valence-corrected chi connectivity index (χ4v) is 1.99. The first-order valence-corrected chi connectivity index (χ1v) is 5.60. The molecule has 2 rings (SSSR count). The van der Waals surface area contributed by atoms with Crippen LogP contribution in [0, 0.1) is 0 Å². The van der Waals surface area contributed by atoms with Crippen LogP contribution in [0.15, 0.2) is 0 Å². The lowest BCUT2D eigenvalue weighted by molar-refractivity contribution is -0.152. The highest BCUT2D eigenvalue weighted by molar-refractivity contribution is 5.90. The van der Waals surface area contributed by atoms with Gasteiger partial charge in [-0.2, -0.15) is 0 Å². The lowest BCUT2D eigenvalue weighted by Crippen LogP contribution is -2.60. The van der Waals surface area contributed by atoms with Gasteiger partial charge in [-0.15, -0.1) is 0 Å². The first-order chi connectivity index (χ1) is 7.70. The molecule has 0 radical (unpaired) electrons. The van der Waals surface area contributed by atoms with Gasteiger partial charge < -0.3 is 20.3 Å². The van der Waals surface area contributed by atoms with Crippen molar-refractivity contribution in [3.63, 3.8) is 0 Å². The van der Waals surface area contributed by atoms with Crippen LogP contribution in [0.3, 0.4) is 0 Å². The molecular weight excluding hydrogens is 210 g/mol. The van der Waals surface area contributed by atoms with E-state index in [1.54, 1.807) is 11.8 Å². The Morgan fingerprint density at radius 1 is 1.50 bits per heavy atom. The minimum Gasteiger partial charge on any atom is -0.366 e. The summed E-state index contributed by atoms with van der Waals surface area (Å²) >= 11 is 0. The third kappa shape index (κ3) is 2.17. The zero-order valence-electron chi connectivity index (χ0n) is 9.36. The quantitative estimate of drug-likeness (QED) is 0.561. The summed E-state index contributed by atoms with van der Waals surface area (Å²) in [5.74, 6) is -0.182. The molecule has 16 heavy (non-hydrogen) atoms. The average Bonchev–Trinajstić information content (AvgIpc) is 2.33. The number of hydrogen-bond donors (Lipinski definition) is 2. The molecule has 2 fully saturated rings. The van der Waals surface area contributed by atoms with Gasteiger partial charge in [0.1, 0.15) is 12.1 Å². The van der Waals surface area contributed by atoms with E-state index in [4.69, 9.17) is 4.74 Å². The van der Waals surface area contributed by atoms with Crippen LogP contribution >= 0.6 is 0 Å². The minimum atomic E-state index is -0.443. The third-order valence-corrected chi connectivity index (χ3v) is 2.99. The van der Waals surface area contributed by atoms with Crippen LogP contribution in [-0.4, -0.2) is 61.6 Å². The standard InChI is InChI=1S/C10H17N3O3/c1-7-9(14)12-2-4-13(7)10(15)8-6-11-3-5-16-8/h7-8,11H,2-6H2,1H3,(H,12,14). The number of hydrogen-bond acceptors (Lipinski definition) is 4. The summed E-state index contributed by atoms with van der Waals surface area (Å²) in [6, 6.07) is -0.397. The largest absolute Gasteiger partial charge is 0.366 e. The molecule has 2 heterocycles. The van der Waals surface area contributed by atoms with Crippen LogP contribution in [0.4, 0.5) is 0 Å². The molecule has 90 valence electrons. The summed E-state index contributed by atoms with van der Waals surface area (Å²) in [7, 11) is 0. The van der Waals surface area contributed by atoms with E-state index in [9.17, 15) is 9.59 Å². The predicted octanol–water partition coefficient (Wildman–Crippen LogP) is -1.68. The molecule has 2 aliphatic heterocycles. The molecule has 2 saturated heterocycles. The summed E-state index contributed by atoms with van der Waals surface area (Å²) < 4.78 is 5.39. The maximum atomic E-state index is 12.1. The SMILES string of the molecule is CC1C(=O)NCCN1C(=O)C1CNCCO1. The van der Waals surface area contributed by atoms with E-state index in [2.05, 4.69) is 10.6 Å². The van der Waals surface area contributed by atoms with Gasteiger partial charge in [0.15, 0.2) is 0 Å². The van der Waals surface area contributed by atoms with Gasteiger partial charge in [-0.3, -0.25) is 9.59 Å². The summed E-state index contributed by atoms with van der Waals surface area (Å²) in [4.78, 5) is 25.1. The highest BCUT2D eigenvalue weighted by Gasteiger charge is 2.34. The Labute approximate surface area is 94.3 Å². The molecule has 0 bridgehead atoms. The van der Waals surface area contributed by atoms with E-state index in [0.717, 1.165) is 6.54 Å². The average molecular weight is 227 g/mol. The fraction of sp³-hybridized carbons (Fsp3) is 0.800. The first kappa shape index (κ1) is 11.3. The van der Waals surface area contributed by atoms with Crippen molar-refractivity contribution in [2.24, 2.45) is 0 Å². The Balaban J connectivity index is 1.99. The molecule has 0 saturated carbocycles. The number of carbonyl (C=O) groups is 2. The summed E-state index contributed by atoms with van der Waals surface area (Å²) in [6.45, 7) is 4.68. The van der Waals surface area contributed by atoms with Gasteiger partial charge in [-0.1, -0.05) is 0 Å². The van der Waals surface area contributed by atoms with E-state index in [1.165, 1.54) is 0 Å². The second kappa shape index (κ2) is 4.80. The first-order valence-electron chi connectivity index (χ1n) is 5.60. The maximum Gasteiger partial charge on any atom is 0.253 e. The number of piperazine rings is 1. The smallest absolute Gasteiger partial charge is 0.253 e. The van der Waals surface area contributed by atoms with Crippen molar-refractivity contribution in [2.45, 2.75) is 19.1 Å². The molecule has 2 atom stereocenters. The molecule has 0 spiro atoms.